The molecule has 21 N–H and O–H groups in total. The standard InChI is InChI=1S/C15H30N6O2.C10H22N4O.C8H18N4O.C7H16N4O.C6H14N4O/c16-4-8-20-12-10-18(14(20)22)6-2-1-3-7-19-11-13-21(9-5-17)15(19)23;11-4-2-1-3-6-13-8-9-14(7-5-12)10(13)15;9-2-6-11-4-1-5-12(7-3-10)8(11)13;8-1-3-10-5-6-11(4-2-9)7(10)12;7-1-2-10-5(3-8)4-9-6(10)11/h1-13,16-17H2;1-9,11-12H2;1-7,9-10H2;1-6,8-9H2;5H,1-4,7-8H2,(H,9,11). The fourth-order valence-electron chi connectivity index (χ4n) is 9.16. The van der Waals surface area contributed by atoms with Gasteiger partial charge in [0.05, 0.1) is 6.04 Å². The Labute approximate surface area is 440 Å². The normalized spacial score (nSPS) is 18.8. The van der Waals surface area contributed by atoms with Gasteiger partial charge in [-0.15, -0.1) is 0 Å². The fraction of sp³-hybridized carbons (Fsp3) is 0.870. The van der Waals surface area contributed by atoms with Gasteiger partial charge in [-0.2, -0.15) is 0 Å². The number of nitrogens with zero attached hydrogens (tertiary/aromatic N) is 11. The van der Waals surface area contributed by atoms with E-state index in [4.69, 9.17) is 57.3 Å². The van der Waals surface area contributed by atoms with E-state index in [1.165, 1.54) is 0 Å². The van der Waals surface area contributed by atoms with Crippen LogP contribution in [-0.4, -0.2) is 306 Å². The molecule has 1 unspecified atom stereocenters. The van der Waals surface area contributed by atoms with Crippen LogP contribution < -0.4 is 62.7 Å². The van der Waals surface area contributed by atoms with Crippen molar-refractivity contribution in [2.75, 3.05) is 209 Å². The topological polar surface area (TPSA) is 410 Å². The van der Waals surface area contributed by atoms with E-state index >= 15 is 0 Å². The zero-order valence-electron chi connectivity index (χ0n) is 44.8. The van der Waals surface area contributed by atoms with Crippen LogP contribution in [0.5, 0.6) is 0 Å². The summed E-state index contributed by atoms with van der Waals surface area (Å²) < 4.78 is 0. The molecule has 0 saturated carbocycles. The van der Waals surface area contributed by atoms with E-state index in [0.717, 1.165) is 137 Å². The number of unbranched alkanes of at least 4 members (excludes halogenated alkanes) is 4. The molecular formula is C46H100N22O6. The number of urea groups is 6. The molecule has 0 aromatic heterocycles. The third-order valence-electron chi connectivity index (χ3n) is 13.2. The van der Waals surface area contributed by atoms with E-state index in [0.29, 0.717) is 118 Å². The second kappa shape index (κ2) is 38.7. The molecule has 0 aliphatic carbocycles. The van der Waals surface area contributed by atoms with Crippen LogP contribution in [0, 0.1) is 0 Å². The number of hydrogen-bond acceptors (Lipinski definition) is 16. The quantitative estimate of drug-likeness (QED) is 0.0328. The highest BCUT2D eigenvalue weighted by atomic mass is 16.2. The van der Waals surface area contributed by atoms with Gasteiger partial charge in [0.2, 0.25) is 0 Å². The summed E-state index contributed by atoms with van der Waals surface area (Å²) in [7, 11) is 0. The average molecular weight is 1060 g/mol. The van der Waals surface area contributed by atoms with Gasteiger partial charge in [0, 0.05) is 203 Å². The van der Waals surface area contributed by atoms with Crippen molar-refractivity contribution in [2.24, 2.45) is 57.3 Å². The first kappa shape index (κ1) is 65.3. The van der Waals surface area contributed by atoms with Gasteiger partial charge >= 0.3 is 36.2 Å². The molecule has 74 heavy (non-hydrogen) atoms. The van der Waals surface area contributed by atoms with Crippen molar-refractivity contribution in [3.8, 4) is 0 Å². The predicted molar refractivity (Wildman–Crippen MR) is 289 cm³/mol. The van der Waals surface area contributed by atoms with Crippen LogP contribution >= 0.6 is 0 Å². The van der Waals surface area contributed by atoms with E-state index < -0.39 is 0 Å². The average Bonchev–Trinajstić information content (AvgIpc) is 4.21. The molecule has 6 aliphatic rings. The first-order chi connectivity index (χ1) is 35.8. The van der Waals surface area contributed by atoms with E-state index in [-0.39, 0.29) is 42.2 Å². The lowest BCUT2D eigenvalue weighted by Crippen LogP contribution is -2.51. The molecule has 28 nitrogen and oxygen atoms in total. The molecule has 0 aromatic rings. The van der Waals surface area contributed by atoms with Gasteiger partial charge < -0.3 is 117 Å². The lowest BCUT2D eigenvalue weighted by Gasteiger charge is -2.35. The smallest absolute Gasteiger partial charge is 0.320 e. The summed E-state index contributed by atoms with van der Waals surface area (Å²) in [6.07, 6.45) is 7.23. The van der Waals surface area contributed by atoms with Crippen molar-refractivity contribution >= 4 is 36.2 Å². The molecule has 6 rings (SSSR count). The minimum atomic E-state index is -0.0501. The number of carbonyl (C=O) groups excluding carboxylic acids is 6. The van der Waals surface area contributed by atoms with E-state index in [1.54, 1.807) is 24.5 Å². The molecule has 0 aromatic carbocycles. The van der Waals surface area contributed by atoms with Crippen LogP contribution in [0.1, 0.15) is 44.9 Å². The monoisotopic (exact) mass is 1060 g/mol. The largest absolute Gasteiger partial charge is 0.336 e. The lowest BCUT2D eigenvalue weighted by molar-refractivity contribution is 0.132. The second-order valence-corrected chi connectivity index (χ2v) is 18.6. The first-order valence-corrected chi connectivity index (χ1v) is 27.1. The maximum atomic E-state index is 12.0. The summed E-state index contributed by atoms with van der Waals surface area (Å²) in [6.45, 7) is 21.8. The van der Waals surface area contributed by atoms with Crippen LogP contribution in [0.3, 0.4) is 0 Å². The second-order valence-electron chi connectivity index (χ2n) is 18.6. The highest BCUT2D eigenvalue weighted by Crippen LogP contribution is 2.14. The van der Waals surface area contributed by atoms with Gasteiger partial charge in [0.15, 0.2) is 0 Å². The number of amides is 12. The first-order valence-electron chi connectivity index (χ1n) is 27.1. The van der Waals surface area contributed by atoms with E-state index in [9.17, 15) is 28.8 Å². The van der Waals surface area contributed by atoms with Gasteiger partial charge in [0.25, 0.3) is 0 Å². The third-order valence-corrected chi connectivity index (χ3v) is 13.2. The van der Waals surface area contributed by atoms with Crippen LogP contribution in [0.4, 0.5) is 28.8 Å². The summed E-state index contributed by atoms with van der Waals surface area (Å²) in [6, 6.07) is 0.614. The van der Waals surface area contributed by atoms with E-state index in [2.05, 4.69) is 5.32 Å². The number of hydrogen-bond donors (Lipinski definition) is 11. The van der Waals surface area contributed by atoms with Gasteiger partial charge in [-0.3, -0.25) is 0 Å². The Kier molecular flexibility index (Phi) is 34.2. The summed E-state index contributed by atoms with van der Waals surface area (Å²) in [5.41, 5.74) is 54.1. The molecule has 6 saturated heterocycles. The molecule has 6 aliphatic heterocycles. The fourth-order valence-corrected chi connectivity index (χ4v) is 9.16. The summed E-state index contributed by atoms with van der Waals surface area (Å²) >= 11 is 0. The van der Waals surface area contributed by atoms with Gasteiger partial charge in [-0.25, -0.2) is 28.8 Å². The van der Waals surface area contributed by atoms with Crippen molar-refractivity contribution in [2.45, 2.75) is 51.0 Å². The maximum absolute atomic E-state index is 12.0. The van der Waals surface area contributed by atoms with Crippen molar-refractivity contribution in [1.82, 2.24) is 59.2 Å². The van der Waals surface area contributed by atoms with E-state index in [1.807, 2.05) is 29.4 Å². The minimum Gasteiger partial charge on any atom is -0.336 e. The van der Waals surface area contributed by atoms with Gasteiger partial charge in [-0.05, 0) is 45.1 Å². The van der Waals surface area contributed by atoms with Crippen molar-refractivity contribution in [3.05, 3.63) is 0 Å². The molecule has 430 valence electrons. The Morgan fingerprint density at radius 3 is 0.824 bits per heavy atom. The van der Waals surface area contributed by atoms with Crippen LogP contribution in [0.15, 0.2) is 0 Å². The highest BCUT2D eigenvalue weighted by Gasteiger charge is 2.31. The molecule has 0 radical (unpaired) electrons. The minimum absolute atomic E-state index is 0.0501. The molecule has 6 heterocycles. The highest BCUT2D eigenvalue weighted by molar-refractivity contribution is 5.78. The summed E-state index contributed by atoms with van der Waals surface area (Å²) in [5, 5.41) is 2.71. The zero-order valence-corrected chi connectivity index (χ0v) is 44.8. The predicted octanol–water partition coefficient (Wildman–Crippen LogP) is -4.67. The number of rotatable bonds is 28. The zero-order chi connectivity index (χ0) is 54.7. The molecular weight excluding hydrogens is 957 g/mol. The van der Waals surface area contributed by atoms with Crippen LogP contribution in [0.2, 0.25) is 0 Å². The summed E-state index contributed by atoms with van der Waals surface area (Å²) in [5.74, 6) is 0. The lowest BCUT2D eigenvalue weighted by atomic mass is 10.2. The molecule has 0 bridgehead atoms. The number of carbonyl (C=O) groups is 6. The summed E-state index contributed by atoms with van der Waals surface area (Å²) in [4.78, 5) is 89.9. The van der Waals surface area contributed by atoms with Crippen molar-refractivity contribution < 1.29 is 28.8 Å². The molecule has 0 spiro atoms. The maximum Gasteiger partial charge on any atom is 0.320 e. The number of nitrogens with one attached hydrogen (secondary N) is 1. The Bertz CT molecular complexity index is 1520. The third kappa shape index (κ3) is 22.6. The SMILES string of the molecule is NCCCCCN1CCN(CCN)C1=O.NCCN1C(=O)NCC1CN.NCCN1CCCN(CCN)C1=O.NCCN1CCN(CCCCCN2CCN(CCN)C2=O)C1=O.NCCN1CCN(CCN)C1=O. The molecule has 28 heteroatoms. The van der Waals surface area contributed by atoms with Crippen molar-refractivity contribution in [1.29, 1.82) is 0 Å². The Morgan fingerprint density at radius 2 is 0.568 bits per heavy atom. The van der Waals surface area contributed by atoms with Crippen molar-refractivity contribution in [3.63, 3.8) is 0 Å². The Balaban J connectivity index is 0.000000327. The Hall–Kier alpha value is -4.78. The molecule has 6 fully saturated rings. The van der Waals surface area contributed by atoms with Gasteiger partial charge in [-0.1, -0.05) is 6.42 Å². The number of nitrogens with two attached hydrogens (primary N) is 10. The van der Waals surface area contributed by atoms with Gasteiger partial charge in [0.1, 0.15) is 0 Å². The van der Waals surface area contributed by atoms with Crippen LogP contribution in [0.25, 0.3) is 0 Å². The van der Waals surface area contributed by atoms with Crippen LogP contribution in [-0.2, 0) is 0 Å². The Morgan fingerprint density at radius 1 is 0.311 bits per heavy atom. The molecule has 1 atom stereocenters. The molecule has 12 amide bonds.